The van der Waals surface area contributed by atoms with Gasteiger partial charge in [0.2, 0.25) is 0 Å². The predicted octanol–water partition coefficient (Wildman–Crippen LogP) is 2.65. The SMILES string of the molecule is C=CCOc1ccccc1CNC(=NC)NC1CCN(CCOC)CC1.I. The van der Waals surface area contributed by atoms with Gasteiger partial charge in [0, 0.05) is 51.9 Å². The summed E-state index contributed by atoms with van der Waals surface area (Å²) in [6, 6.07) is 8.49. The highest BCUT2D eigenvalue weighted by molar-refractivity contribution is 14.0. The van der Waals surface area contributed by atoms with Gasteiger partial charge in [0.05, 0.1) is 6.61 Å². The van der Waals surface area contributed by atoms with E-state index in [9.17, 15) is 0 Å². The maximum atomic E-state index is 5.71. The number of rotatable bonds is 9. The number of piperidine rings is 1. The molecule has 152 valence electrons. The van der Waals surface area contributed by atoms with Crippen molar-refractivity contribution >= 4 is 29.9 Å². The van der Waals surface area contributed by atoms with Crippen LogP contribution in [0.1, 0.15) is 18.4 Å². The molecular formula is C20H33IN4O2. The molecule has 2 rings (SSSR count). The van der Waals surface area contributed by atoms with E-state index in [1.54, 1.807) is 13.2 Å². The Bertz CT molecular complexity index is 575. The highest BCUT2D eigenvalue weighted by atomic mass is 127. The van der Waals surface area contributed by atoms with Crippen molar-refractivity contribution in [2.24, 2.45) is 4.99 Å². The van der Waals surface area contributed by atoms with Gasteiger partial charge in [-0.15, -0.1) is 24.0 Å². The first-order valence-corrected chi connectivity index (χ1v) is 9.27. The van der Waals surface area contributed by atoms with E-state index in [-0.39, 0.29) is 24.0 Å². The number of methoxy groups -OCH3 is 1. The molecule has 1 aromatic carbocycles. The minimum absolute atomic E-state index is 0. The van der Waals surface area contributed by atoms with Crippen LogP contribution in [0.5, 0.6) is 5.75 Å². The van der Waals surface area contributed by atoms with Gasteiger partial charge in [-0.05, 0) is 18.9 Å². The minimum atomic E-state index is 0. The second-order valence-corrected chi connectivity index (χ2v) is 6.39. The summed E-state index contributed by atoms with van der Waals surface area (Å²) in [6.07, 6.45) is 3.98. The molecule has 0 aromatic heterocycles. The molecule has 2 N–H and O–H groups in total. The predicted molar refractivity (Wildman–Crippen MR) is 122 cm³/mol. The Hall–Kier alpha value is -1.32. The number of likely N-dealkylation sites (tertiary alicyclic amines) is 1. The Labute approximate surface area is 180 Å². The molecule has 1 heterocycles. The second kappa shape index (κ2) is 13.8. The summed E-state index contributed by atoms with van der Waals surface area (Å²) in [5.41, 5.74) is 1.10. The number of para-hydroxylation sites is 1. The number of halogens is 1. The third-order valence-corrected chi connectivity index (χ3v) is 4.54. The van der Waals surface area contributed by atoms with Crippen molar-refractivity contribution in [1.82, 2.24) is 15.5 Å². The van der Waals surface area contributed by atoms with E-state index in [2.05, 4.69) is 33.2 Å². The third kappa shape index (κ3) is 8.49. The number of hydrogen-bond acceptors (Lipinski definition) is 4. The van der Waals surface area contributed by atoms with E-state index in [0.29, 0.717) is 19.2 Å². The Morgan fingerprint density at radius 1 is 1.33 bits per heavy atom. The standard InChI is InChI=1S/C20H32N4O2.HI/c1-4-14-26-19-8-6-5-7-17(19)16-22-20(21-2)23-18-9-11-24(12-10-18)13-15-25-3;/h4-8,18H,1,9-16H2,2-3H3,(H2,21,22,23);1H. The van der Waals surface area contributed by atoms with E-state index >= 15 is 0 Å². The van der Waals surface area contributed by atoms with Crippen molar-refractivity contribution in [1.29, 1.82) is 0 Å². The molecule has 0 unspecified atom stereocenters. The lowest BCUT2D eigenvalue weighted by Gasteiger charge is -2.32. The highest BCUT2D eigenvalue weighted by Crippen LogP contribution is 2.17. The van der Waals surface area contributed by atoms with Crippen molar-refractivity contribution in [3.05, 3.63) is 42.5 Å². The molecule has 0 atom stereocenters. The Morgan fingerprint density at radius 2 is 2.07 bits per heavy atom. The summed E-state index contributed by atoms with van der Waals surface area (Å²) < 4.78 is 10.9. The fourth-order valence-electron chi connectivity index (χ4n) is 3.03. The normalized spacial score (nSPS) is 15.7. The van der Waals surface area contributed by atoms with Gasteiger partial charge < -0.3 is 25.0 Å². The van der Waals surface area contributed by atoms with Gasteiger partial charge in [0.1, 0.15) is 12.4 Å². The largest absolute Gasteiger partial charge is 0.489 e. The number of hydrogen-bond donors (Lipinski definition) is 2. The van der Waals surface area contributed by atoms with E-state index < -0.39 is 0 Å². The lowest BCUT2D eigenvalue weighted by molar-refractivity contribution is 0.128. The van der Waals surface area contributed by atoms with Crippen LogP contribution in [-0.2, 0) is 11.3 Å². The summed E-state index contributed by atoms with van der Waals surface area (Å²) in [7, 11) is 3.56. The number of nitrogens with zero attached hydrogens (tertiary/aromatic N) is 2. The van der Waals surface area contributed by atoms with Crippen molar-refractivity contribution in [3.8, 4) is 5.75 Å². The molecule has 27 heavy (non-hydrogen) atoms. The molecule has 0 aliphatic carbocycles. The van der Waals surface area contributed by atoms with E-state index in [4.69, 9.17) is 9.47 Å². The summed E-state index contributed by atoms with van der Waals surface area (Å²) in [4.78, 5) is 6.81. The van der Waals surface area contributed by atoms with Crippen LogP contribution < -0.4 is 15.4 Å². The molecule has 1 aliphatic rings. The molecule has 6 nitrogen and oxygen atoms in total. The van der Waals surface area contributed by atoms with Crippen LogP contribution in [0.2, 0.25) is 0 Å². The summed E-state index contributed by atoms with van der Waals surface area (Å²) in [5, 5.41) is 6.93. The highest BCUT2D eigenvalue weighted by Gasteiger charge is 2.19. The summed E-state index contributed by atoms with van der Waals surface area (Å²) in [6.45, 7) is 8.87. The molecule has 1 saturated heterocycles. The smallest absolute Gasteiger partial charge is 0.191 e. The van der Waals surface area contributed by atoms with Crippen LogP contribution in [0.25, 0.3) is 0 Å². The van der Waals surface area contributed by atoms with Crippen LogP contribution in [0.15, 0.2) is 41.9 Å². The number of ether oxygens (including phenoxy) is 2. The van der Waals surface area contributed by atoms with Crippen molar-refractivity contribution < 1.29 is 9.47 Å². The zero-order chi connectivity index (χ0) is 18.6. The molecular weight excluding hydrogens is 455 g/mol. The van der Waals surface area contributed by atoms with Crippen LogP contribution in [0.4, 0.5) is 0 Å². The molecule has 0 amide bonds. The number of guanidine groups is 1. The van der Waals surface area contributed by atoms with E-state index in [1.807, 2.05) is 25.2 Å². The topological polar surface area (TPSA) is 58.1 Å². The number of benzene rings is 1. The first-order valence-electron chi connectivity index (χ1n) is 9.27. The monoisotopic (exact) mass is 488 g/mol. The second-order valence-electron chi connectivity index (χ2n) is 6.39. The molecule has 7 heteroatoms. The zero-order valence-corrected chi connectivity index (χ0v) is 18.8. The Balaban J connectivity index is 0.00000364. The molecule has 1 aliphatic heterocycles. The minimum Gasteiger partial charge on any atom is -0.489 e. The van der Waals surface area contributed by atoms with Crippen LogP contribution in [-0.4, -0.2) is 63.9 Å². The third-order valence-electron chi connectivity index (χ3n) is 4.54. The van der Waals surface area contributed by atoms with Gasteiger partial charge in [-0.25, -0.2) is 0 Å². The Morgan fingerprint density at radius 3 is 2.74 bits per heavy atom. The maximum absolute atomic E-state index is 5.71. The van der Waals surface area contributed by atoms with Gasteiger partial charge >= 0.3 is 0 Å². The van der Waals surface area contributed by atoms with Gasteiger partial charge in [-0.2, -0.15) is 0 Å². The van der Waals surface area contributed by atoms with Crippen LogP contribution >= 0.6 is 24.0 Å². The van der Waals surface area contributed by atoms with Gasteiger partial charge in [-0.1, -0.05) is 30.9 Å². The van der Waals surface area contributed by atoms with Crippen molar-refractivity contribution in [2.75, 3.05) is 47.0 Å². The van der Waals surface area contributed by atoms with Crippen LogP contribution in [0, 0.1) is 0 Å². The van der Waals surface area contributed by atoms with Crippen molar-refractivity contribution in [3.63, 3.8) is 0 Å². The average Bonchev–Trinajstić information content (AvgIpc) is 2.69. The van der Waals surface area contributed by atoms with Gasteiger partial charge in [0.15, 0.2) is 5.96 Å². The summed E-state index contributed by atoms with van der Waals surface area (Å²) >= 11 is 0. The lowest BCUT2D eigenvalue weighted by Crippen LogP contribution is -2.48. The molecule has 0 spiro atoms. The van der Waals surface area contributed by atoms with Gasteiger partial charge in [0.25, 0.3) is 0 Å². The Kier molecular flexibility index (Phi) is 12.1. The zero-order valence-electron chi connectivity index (χ0n) is 16.4. The first-order chi connectivity index (χ1) is 12.8. The quantitative estimate of drug-likeness (QED) is 0.242. The fraction of sp³-hybridized carbons (Fsp3) is 0.550. The first kappa shape index (κ1) is 23.7. The lowest BCUT2D eigenvalue weighted by atomic mass is 10.1. The maximum Gasteiger partial charge on any atom is 0.191 e. The van der Waals surface area contributed by atoms with E-state index in [0.717, 1.165) is 56.4 Å². The molecule has 0 radical (unpaired) electrons. The average molecular weight is 488 g/mol. The molecule has 1 fully saturated rings. The molecule has 1 aromatic rings. The molecule has 0 bridgehead atoms. The van der Waals surface area contributed by atoms with Crippen molar-refractivity contribution in [2.45, 2.75) is 25.4 Å². The number of nitrogens with one attached hydrogen (secondary N) is 2. The van der Waals surface area contributed by atoms with E-state index in [1.165, 1.54) is 0 Å². The van der Waals surface area contributed by atoms with Gasteiger partial charge in [-0.3, -0.25) is 4.99 Å². The molecule has 0 saturated carbocycles. The number of aliphatic imine (C=N–C) groups is 1. The van der Waals surface area contributed by atoms with Crippen LogP contribution in [0.3, 0.4) is 0 Å². The summed E-state index contributed by atoms with van der Waals surface area (Å²) in [5.74, 6) is 1.71. The fourth-order valence-corrected chi connectivity index (χ4v) is 3.03.